The summed E-state index contributed by atoms with van der Waals surface area (Å²) in [5, 5.41) is 22.1. The van der Waals surface area contributed by atoms with Crippen molar-refractivity contribution in [2.75, 3.05) is 51.9 Å². The lowest BCUT2D eigenvalue weighted by atomic mass is 9.89. The second kappa shape index (κ2) is 18.2. The summed E-state index contributed by atoms with van der Waals surface area (Å²) >= 11 is 0. The summed E-state index contributed by atoms with van der Waals surface area (Å²) in [7, 11) is 1.66. The van der Waals surface area contributed by atoms with E-state index < -0.39 is 0 Å². The molecule has 2 aliphatic rings. The molecule has 15 nitrogen and oxygen atoms in total. The van der Waals surface area contributed by atoms with Crippen molar-refractivity contribution < 1.29 is 23.7 Å². The van der Waals surface area contributed by atoms with Gasteiger partial charge in [-0.2, -0.15) is 10.4 Å². The third-order valence-corrected chi connectivity index (χ3v) is 9.38. The van der Waals surface area contributed by atoms with Gasteiger partial charge in [-0.05, 0) is 64.2 Å². The Balaban J connectivity index is 1.12. The van der Waals surface area contributed by atoms with E-state index >= 15 is 0 Å². The standard InChI is InChI=1S/C37H50N10O5/c1-26-20-45(21-27(2)51-26)32-8-10-33(11-9-32)47-23-34(36(44-47)50-13-5-12-49-15-14-48-4)43-37-40-18-31(19-41-37)29-6-7-30(17-38)35(16-29)52-28(3)22-46-25-39-24-42-46/h6-7,16,18-19,23-28,32-33H,5,8-15,20-22H2,1-4H3,(H,40,41,43)/t26-,27+,28-,32?,33?/m0/s1. The molecule has 0 bridgehead atoms. The normalized spacial score (nSPS) is 21.4. The molecule has 0 spiro atoms. The molecule has 4 aromatic rings. The number of nitriles is 1. The monoisotopic (exact) mass is 714 g/mol. The average molecular weight is 715 g/mol. The summed E-state index contributed by atoms with van der Waals surface area (Å²) in [5.41, 5.74) is 2.76. The lowest BCUT2D eigenvalue weighted by molar-refractivity contribution is -0.0852. The van der Waals surface area contributed by atoms with Crippen LogP contribution < -0.4 is 14.8 Å². The molecule has 0 unspecified atom stereocenters. The Morgan fingerprint density at radius 1 is 1.00 bits per heavy atom. The number of ether oxygens (including phenoxy) is 5. The van der Waals surface area contributed by atoms with Crippen LogP contribution in [0.15, 0.2) is 49.4 Å². The Hall–Kier alpha value is -4.62. The number of rotatable bonds is 17. The molecule has 278 valence electrons. The van der Waals surface area contributed by atoms with Gasteiger partial charge in [0.25, 0.3) is 5.88 Å². The second-order valence-electron chi connectivity index (χ2n) is 13.6. The maximum Gasteiger partial charge on any atom is 0.256 e. The number of benzene rings is 1. The van der Waals surface area contributed by atoms with Crippen molar-refractivity contribution >= 4 is 11.6 Å². The molecule has 1 aliphatic heterocycles. The van der Waals surface area contributed by atoms with Gasteiger partial charge in [0.2, 0.25) is 5.95 Å². The van der Waals surface area contributed by atoms with Gasteiger partial charge < -0.3 is 29.0 Å². The van der Waals surface area contributed by atoms with Gasteiger partial charge in [0.15, 0.2) is 0 Å². The van der Waals surface area contributed by atoms with Crippen molar-refractivity contribution in [1.82, 2.24) is 39.4 Å². The first-order chi connectivity index (χ1) is 25.4. The minimum absolute atomic E-state index is 0.236. The lowest BCUT2D eigenvalue weighted by Gasteiger charge is -2.42. The van der Waals surface area contributed by atoms with Gasteiger partial charge in [0.1, 0.15) is 36.3 Å². The first-order valence-corrected chi connectivity index (χ1v) is 18.2. The highest BCUT2D eigenvalue weighted by Crippen LogP contribution is 2.35. The van der Waals surface area contributed by atoms with Gasteiger partial charge in [-0.3, -0.25) is 9.58 Å². The third-order valence-electron chi connectivity index (χ3n) is 9.38. The molecule has 1 aliphatic carbocycles. The zero-order valence-electron chi connectivity index (χ0n) is 30.6. The van der Waals surface area contributed by atoms with E-state index in [1.54, 1.807) is 36.6 Å². The summed E-state index contributed by atoms with van der Waals surface area (Å²) in [6.07, 6.45) is 14.0. The number of hydrogen-bond donors (Lipinski definition) is 1. The summed E-state index contributed by atoms with van der Waals surface area (Å²) in [6.45, 7) is 10.9. The number of morpholine rings is 1. The van der Waals surface area contributed by atoms with Crippen LogP contribution in [0.4, 0.5) is 11.6 Å². The minimum Gasteiger partial charge on any atom is -0.487 e. The highest BCUT2D eigenvalue weighted by Gasteiger charge is 2.32. The summed E-state index contributed by atoms with van der Waals surface area (Å²) in [6, 6.07) is 8.51. The van der Waals surface area contributed by atoms with Crippen LogP contribution >= 0.6 is 0 Å². The predicted octanol–water partition coefficient (Wildman–Crippen LogP) is 5.04. The van der Waals surface area contributed by atoms with Crippen molar-refractivity contribution in [2.45, 2.75) is 89.8 Å². The van der Waals surface area contributed by atoms with Gasteiger partial charge in [0, 0.05) is 57.2 Å². The summed E-state index contributed by atoms with van der Waals surface area (Å²) in [5.74, 6) is 1.41. The molecular formula is C37H50N10O5. The SMILES string of the molecule is COCCOCCCOc1nn(C2CCC(N3C[C@@H](C)O[C@@H](C)C3)CC2)cc1Nc1ncc(-c2ccc(C#N)c(O[C@@H](C)Cn3cncn3)c2)cn1. The Bertz CT molecular complexity index is 1710. The fourth-order valence-corrected chi connectivity index (χ4v) is 6.93. The van der Waals surface area contributed by atoms with Crippen LogP contribution in [0.1, 0.15) is 64.5 Å². The summed E-state index contributed by atoms with van der Waals surface area (Å²) < 4.78 is 32.7. The molecule has 15 heteroatoms. The Labute approximate surface area is 305 Å². The average Bonchev–Trinajstić information content (AvgIpc) is 3.81. The maximum atomic E-state index is 9.70. The predicted molar refractivity (Wildman–Crippen MR) is 193 cm³/mol. The molecule has 1 N–H and O–H groups in total. The molecule has 1 aromatic carbocycles. The molecule has 1 saturated heterocycles. The fourth-order valence-electron chi connectivity index (χ4n) is 6.93. The molecule has 3 atom stereocenters. The van der Waals surface area contributed by atoms with Crippen LogP contribution in [-0.4, -0.2) is 110 Å². The largest absolute Gasteiger partial charge is 0.487 e. The zero-order chi connectivity index (χ0) is 36.3. The molecule has 0 radical (unpaired) electrons. The van der Waals surface area contributed by atoms with Crippen LogP contribution in [-0.2, 0) is 20.8 Å². The van der Waals surface area contributed by atoms with E-state index in [0.717, 1.165) is 56.3 Å². The molecular weight excluding hydrogens is 664 g/mol. The quantitative estimate of drug-likeness (QED) is 0.145. The van der Waals surface area contributed by atoms with E-state index in [9.17, 15) is 5.26 Å². The topological polar surface area (TPSA) is 160 Å². The van der Waals surface area contributed by atoms with Crippen LogP contribution in [0.25, 0.3) is 11.1 Å². The van der Waals surface area contributed by atoms with Crippen LogP contribution in [0, 0.1) is 11.3 Å². The van der Waals surface area contributed by atoms with E-state index in [2.05, 4.69) is 50.2 Å². The Morgan fingerprint density at radius 3 is 2.48 bits per heavy atom. The molecule has 6 rings (SSSR count). The second-order valence-corrected chi connectivity index (χ2v) is 13.6. The van der Waals surface area contributed by atoms with Crippen LogP contribution in [0.5, 0.6) is 11.6 Å². The number of nitrogens with one attached hydrogen (secondary N) is 1. The van der Waals surface area contributed by atoms with E-state index in [0.29, 0.717) is 67.8 Å². The van der Waals surface area contributed by atoms with Gasteiger partial charge in [-0.25, -0.2) is 19.6 Å². The molecule has 52 heavy (non-hydrogen) atoms. The van der Waals surface area contributed by atoms with E-state index in [4.69, 9.17) is 28.8 Å². The lowest BCUT2D eigenvalue weighted by Crippen LogP contribution is -2.51. The number of anilines is 2. The number of nitrogens with zero attached hydrogens (tertiary/aromatic N) is 9. The van der Waals surface area contributed by atoms with Gasteiger partial charge in [-0.1, -0.05) is 6.07 Å². The number of hydrogen-bond acceptors (Lipinski definition) is 13. The van der Waals surface area contributed by atoms with Crippen molar-refractivity contribution in [3.05, 3.63) is 55.0 Å². The van der Waals surface area contributed by atoms with Gasteiger partial charge in [0.05, 0.1) is 56.4 Å². The third kappa shape index (κ3) is 10.0. The van der Waals surface area contributed by atoms with Crippen LogP contribution in [0.3, 0.4) is 0 Å². The van der Waals surface area contributed by atoms with Crippen molar-refractivity contribution in [3.63, 3.8) is 0 Å². The summed E-state index contributed by atoms with van der Waals surface area (Å²) in [4.78, 5) is 15.8. The molecule has 2 fully saturated rings. The molecule has 4 heterocycles. The Morgan fingerprint density at radius 2 is 1.77 bits per heavy atom. The van der Waals surface area contributed by atoms with Crippen molar-refractivity contribution in [2.24, 2.45) is 0 Å². The molecule has 0 amide bonds. The highest BCUT2D eigenvalue weighted by molar-refractivity contribution is 5.67. The first kappa shape index (κ1) is 37.1. The number of aromatic nitrogens is 7. The zero-order valence-corrected chi connectivity index (χ0v) is 30.6. The Kier molecular flexibility index (Phi) is 13.0. The molecule has 1 saturated carbocycles. The number of methoxy groups -OCH3 is 1. The maximum absolute atomic E-state index is 9.70. The van der Waals surface area contributed by atoms with Crippen LogP contribution in [0.2, 0.25) is 0 Å². The van der Waals surface area contributed by atoms with E-state index in [-0.39, 0.29) is 24.4 Å². The van der Waals surface area contributed by atoms with E-state index in [1.807, 2.05) is 29.9 Å². The van der Waals surface area contributed by atoms with Gasteiger partial charge >= 0.3 is 0 Å². The van der Waals surface area contributed by atoms with Gasteiger partial charge in [-0.15, -0.1) is 5.10 Å². The fraction of sp³-hybridized carbons (Fsp3) is 0.568. The highest BCUT2D eigenvalue weighted by atomic mass is 16.5. The van der Waals surface area contributed by atoms with Crippen molar-refractivity contribution in [1.29, 1.82) is 5.26 Å². The molecule has 3 aromatic heterocycles. The first-order valence-electron chi connectivity index (χ1n) is 18.2. The van der Waals surface area contributed by atoms with Crippen molar-refractivity contribution in [3.8, 4) is 28.8 Å². The van der Waals surface area contributed by atoms with E-state index in [1.165, 1.54) is 6.33 Å². The minimum atomic E-state index is -0.236. The smallest absolute Gasteiger partial charge is 0.256 e.